The fraction of sp³-hybridized carbons (Fsp3) is 0.500. The van der Waals surface area contributed by atoms with Crippen LogP contribution < -0.4 is 5.73 Å². The smallest absolute Gasteiger partial charge is 0.126 e. The summed E-state index contributed by atoms with van der Waals surface area (Å²) in [4.78, 5) is 0. The molecule has 0 spiro atoms. The average Bonchev–Trinajstić information content (AvgIpc) is 2.67. The summed E-state index contributed by atoms with van der Waals surface area (Å²) in [5.74, 6) is -0.705. The van der Waals surface area contributed by atoms with E-state index in [0.717, 1.165) is 18.9 Å². The third kappa shape index (κ3) is 2.92. The second kappa shape index (κ2) is 5.60. The van der Waals surface area contributed by atoms with Crippen LogP contribution in [-0.2, 0) is 0 Å². The van der Waals surface area contributed by atoms with Crippen molar-refractivity contribution in [2.75, 3.05) is 0 Å². The number of rotatable bonds is 2. The fourth-order valence-corrected chi connectivity index (χ4v) is 2.36. The van der Waals surface area contributed by atoms with E-state index in [1.807, 2.05) is 0 Å². The third-order valence-corrected chi connectivity index (χ3v) is 3.18. The van der Waals surface area contributed by atoms with E-state index in [1.54, 1.807) is 0 Å². The van der Waals surface area contributed by atoms with Gasteiger partial charge in [0, 0.05) is 12.1 Å². The lowest BCUT2D eigenvalue weighted by Gasteiger charge is -2.19. The molecule has 0 radical (unpaired) electrons. The molecule has 0 heterocycles. The van der Waals surface area contributed by atoms with E-state index in [9.17, 15) is 8.78 Å². The molecule has 1 atom stereocenters. The van der Waals surface area contributed by atoms with E-state index in [-0.39, 0.29) is 18.4 Å². The maximum Gasteiger partial charge on any atom is 0.126 e. The Bertz CT molecular complexity index is 331. The summed E-state index contributed by atoms with van der Waals surface area (Å²) in [6, 6.07) is 3.33. The van der Waals surface area contributed by atoms with Crippen molar-refractivity contribution in [3.63, 3.8) is 0 Å². The highest BCUT2D eigenvalue weighted by Crippen LogP contribution is 2.34. The number of halogens is 3. The Balaban J connectivity index is 0.00000128. The first-order valence-corrected chi connectivity index (χ1v) is 5.38. The van der Waals surface area contributed by atoms with Crippen molar-refractivity contribution >= 4 is 12.4 Å². The molecule has 90 valence electrons. The third-order valence-electron chi connectivity index (χ3n) is 3.18. The lowest BCUT2D eigenvalue weighted by atomic mass is 9.92. The maximum atomic E-state index is 13.0. The number of nitrogens with two attached hydrogens (primary N) is 1. The molecular formula is C12H16ClF2N. The Labute approximate surface area is 100 Å². The minimum atomic E-state index is -0.543. The van der Waals surface area contributed by atoms with Gasteiger partial charge >= 0.3 is 0 Å². The molecule has 1 aliphatic rings. The molecule has 2 N–H and O–H groups in total. The topological polar surface area (TPSA) is 26.0 Å². The first-order valence-electron chi connectivity index (χ1n) is 5.38. The van der Waals surface area contributed by atoms with E-state index in [0.29, 0.717) is 11.5 Å². The number of benzene rings is 1. The molecule has 2 rings (SSSR count). The lowest BCUT2D eigenvalue weighted by Crippen LogP contribution is -2.19. The van der Waals surface area contributed by atoms with Crippen LogP contribution in [0, 0.1) is 17.6 Å². The van der Waals surface area contributed by atoms with Gasteiger partial charge in [-0.25, -0.2) is 8.78 Å². The van der Waals surface area contributed by atoms with E-state index < -0.39 is 11.6 Å². The van der Waals surface area contributed by atoms with Crippen LogP contribution in [-0.4, -0.2) is 0 Å². The van der Waals surface area contributed by atoms with Gasteiger partial charge in [-0.05, 0) is 36.5 Å². The summed E-state index contributed by atoms with van der Waals surface area (Å²) in [5.41, 5.74) is 6.59. The highest BCUT2D eigenvalue weighted by Gasteiger charge is 2.23. The van der Waals surface area contributed by atoms with Gasteiger partial charge in [0.05, 0.1) is 0 Å². The largest absolute Gasteiger partial charge is 0.324 e. The van der Waals surface area contributed by atoms with Crippen molar-refractivity contribution in [1.29, 1.82) is 0 Å². The Kier molecular flexibility index (Phi) is 4.69. The summed E-state index contributed by atoms with van der Waals surface area (Å²) in [6.45, 7) is 0. The van der Waals surface area contributed by atoms with E-state index >= 15 is 0 Å². The molecule has 1 nitrogen and oxygen atoms in total. The minimum absolute atomic E-state index is 0. The molecule has 0 unspecified atom stereocenters. The van der Waals surface area contributed by atoms with Crippen LogP contribution in [0.5, 0.6) is 0 Å². The van der Waals surface area contributed by atoms with Gasteiger partial charge in [0.1, 0.15) is 11.6 Å². The van der Waals surface area contributed by atoms with Gasteiger partial charge in [0.2, 0.25) is 0 Å². The highest BCUT2D eigenvalue weighted by molar-refractivity contribution is 5.85. The van der Waals surface area contributed by atoms with Crippen LogP contribution >= 0.6 is 12.4 Å². The predicted molar refractivity (Wildman–Crippen MR) is 62.5 cm³/mol. The molecule has 0 aromatic heterocycles. The predicted octanol–water partition coefficient (Wildman–Crippen LogP) is 3.58. The lowest BCUT2D eigenvalue weighted by molar-refractivity contribution is 0.440. The fourth-order valence-electron chi connectivity index (χ4n) is 2.36. The van der Waals surface area contributed by atoms with Gasteiger partial charge in [0.25, 0.3) is 0 Å². The first kappa shape index (κ1) is 13.4. The van der Waals surface area contributed by atoms with Crippen molar-refractivity contribution < 1.29 is 8.78 Å². The second-order valence-electron chi connectivity index (χ2n) is 4.27. The molecule has 4 heteroatoms. The molecule has 1 fully saturated rings. The van der Waals surface area contributed by atoms with Crippen molar-refractivity contribution in [2.24, 2.45) is 11.7 Å². The minimum Gasteiger partial charge on any atom is -0.324 e. The van der Waals surface area contributed by atoms with Gasteiger partial charge in [-0.15, -0.1) is 12.4 Å². The summed E-state index contributed by atoms with van der Waals surface area (Å²) in [6.07, 6.45) is 4.49. The summed E-state index contributed by atoms with van der Waals surface area (Å²) in [5, 5.41) is 0. The molecule has 0 amide bonds. The molecule has 0 saturated heterocycles. The van der Waals surface area contributed by atoms with Crippen LogP contribution in [0.3, 0.4) is 0 Å². The monoisotopic (exact) mass is 247 g/mol. The maximum absolute atomic E-state index is 13.0. The van der Waals surface area contributed by atoms with Gasteiger partial charge in [-0.3, -0.25) is 0 Å². The SMILES string of the molecule is Cl.N[C@@H](c1cc(F)cc(F)c1)C1CCCC1. The van der Waals surface area contributed by atoms with Crippen LogP contribution in [0.1, 0.15) is 37.3 Å². The van der Waals surface area contributed by atoms with Gasteiger partial charge in [-0.1, -0.05) is 12.8 Å². The van der Waals surface area contributed by atoms with Gasteiger partial charge < -0.3 is 5.73 Å². The molecule has 1 saturated carbocycles. The molecule has 16 heavy (non-hydrogen) atoms. The van der Waals surface area contributed by atoms with Crippen LogP contribution in [0.15, 0.2) is 18.2 Å². The Morgan fingerprint density at radius 1 is 1.06 bits per heavy atom. The summed E-state index contributed by atoms with van der Waals surface area (Å²) in [7, 11) is 0. The highest BCUT2D eigenvalue weighted by atomic mass is 35.5. The molecule has 1 aromatic rings. The Morgan fingerprint density at radius 3 is 2.06 bits per heavy atom. The zero-order valence-corrected chi connectivity index (χ0v) is 9.77. The number of hydrogen-bond donors (Lipinski definition) is 1. The zero-order valence-electron chi connectivity index (χ0n) is 8.96. The molecule has 1 aromatic carbocycles. The first-order chi connectivity index (χ1) is 7.16. The normalized spacial score (nSPS) is 18.2. The standard InChI is InChI=1S/C12H15F2N.ClH/c13-10-5-9(6-11(14)7-10)12(15)8-3-1-2-4-8;/h5-8,12H,1-4,15H2;1H/t12-;/m1./s1. The van der Waals surface area contributed by atoms with Crippen molar-refractivity contribution in [3.05, 3.63) is 35.4 Å². The zero-order chi connectivity index (χ0) is 10.8. The van der Waals surface area contributed by atoms with Crippen molar-refractivity contribution in [2.45, 2.75) is 31.7 Å². The molecular weight excluding hydrogens is 232 g/mol. The van der Waals surface area contributed by atoms with Crippen molar-refractivity contribution in [1.82, 2.24) is 0 Å². The molecule has 1 aliphatic carbocycles. The number of hydrogen-bond acceptors (Lipinski definition) is 1. The molecule has 0 aliphatic heterocycles. The van der Waals surface area contributed by atoms with Gasteiger partial charge in [0.15, 0.2) is 0 Å². The molecule has 0 bridgehead atoms. The van der Waals surface area contributed by atoms with Crippen LogP contribution in [0.25, 0.3) is 0 Å². The van der Waals surface area contributed by atoms with Crippen molar-refractivity contribution in [3.8, 4) is 0 Å². The average molecular weight is 248 g/mol. The van der Waals surface area contributed by atoms with Gasteiger partial charge in [-0.2, -0.15) is 0 Å². The Morgan fingerprint density at radius 2 is 1.56 bits per heavy atom. The van der Waals surface area contributed by atoms with E-state index in [2.05, 4.69) is 0 Å². The summed E-state index contributed by atoms with van der Waals surface area (Å²) >= 11 is 0. The second-order valence-corrected chi connectivity index (χ2v) is 4.27. The van der Waals surface area contributed by atoms with Crippen LogP contribution in [0.4, 0.5) is 8.78 Å². The summed E-state index contributed by atoms with van der Waals surface area (Å²) < 4.78 is 26.0. The van der Waals surface area contributed by atoms with E-state index in [1.165, 1.54) is 25.0 Å². The quantitative estimate of drug-likeness (QED) is 0.850. The van der Waals surface area contributed by atoms with E-state index in [4.69, 9.17) is 5.73 Å². The van der Waals surface area contributed by atoms with Crippen LogP contribution in [0.2, 0.25) is 0 Å². The Hall–Kier alpha value is -0.670.